The van der Waals surface area contributed by atoms with Crippen LogP contribution in [0.1, 0.15) is 39.0 Å². The first-order chi connectivity index (χ1) is 7.16. The van der Waals surface area contributed by atoms with Crippen molar-refractivity contribution in [2.75, 3.05) is 13.2 Å². The smallest absolute Gasteiger partial charge is 0.240 e. The van der Waals surface area contributed by atoms with E-state index in [1.165, 1.54) is 0 Å². The molecule has 1 saturated heterocycles. The zero-order valence-electron chi connectivity index (χ0n) is 9.31. The lowest BCUT2D eigenvalue weighted by molar-refractivity contribution is -0.128. The molecule has 1 unspecified atom stereocenters. The van der Waals surface area contributed by atoms with Gasteiger partial charge in [0.2, 0.25) is 5.91 Å². The fraction of sp³-hybridized carbons (Fsp3) is 0.909. The monoisotopic (exact) mass is 212 g/mol. The van der Waals surface area contributed by atoms with E-state index in [4.69, 9.17) is 5.11 Å². The zero-order valence-corrected chi connectivity index (χ0v) is 9.31. The maximum Gasteiger partial charge on any atom is 0.240 e. The quantitative estimate of drug-likeness (QED) is 0.622. The van der Waals surface area contributed by atoms with E-state index in [9.17, 15) is 4.79 Å². The lowest BCUT2D eigenvalue weighted by Gasteiger charge is -2.29. The van der Waals surface area contributed by atoms with Crippen molar-refractivity contribution in [2.24, 2.45) is 0 Å². The van der Waals surface area contributed by atoms with E-state index in [0.717, 1.165) is 38.6 Å². The minimum atomic E-state index is -0.370. The fourth-order valence-electron chi connectivity index (χ4n) is 2.30. The number of hydrogen-bond donors (Lipinski definition) is 3. The van der Waals surface area contributed by atoms with Gasteiger partial charge in [0.05, 0.1) is 17.7 Å². The molecule has 0 aromatic rings. The highest BCUT2D eigenvalue weighted by molar-refractivity contribution is 5.87. The number of carbonyl (C=O) groups excluding carboxylic acids is 1. The molecule has 1 heterocycles. The summed E-state index contributed by atoms with van der Waals surface area (Å²) in [5.41, 5.74) is -0.658. The zero-order chi connectivity index (χ0) is 10.9. The Bertz CT molecular complexity index is 255. The number of carbonyl (C=O) groups is 1. The standard InChI is InChI=1S/C11H20N2O2/c1-2-11(4-3-7-12-11)9(15)13-10(8-14)5-6-10/h12,14H,2-8H2,1H3,(H,13,15). The van der Waals surface area contributed by atoms with Gasteiger partial charge in [-0.15, -0.1) is 0 Å². The first kappa shape index (κ1) is 10.9. The molecule has 3 N–H and O–H groups in total. The van der Waals surface area contributed by atoms with Crippen LogP contribution in [0.25, 0.3) is 0 Å². The number of rotatable bonds is 4. The van der Waals surface area contributed by atoms with Crippen LogP contribution in [-0.4, -0.2) is 35.2 Å². The summed E-state index contributed by atoms with van der Waals surface area (Å²) >= 11 is 0. The van der Waals surface area contributed by atoms with Crippen LogP contribution in [-0.2, 0) is 4.79 Å². The lowest BCUT2D eigenvalue weighted by Crippen LogP contribution is -2.56. The molecule has 1 saturated carbocycles. The molecule has 0 radical (unpaired) electrons. The summed E-state index contributed by atoms with van der Waals surface area (Å²) in [6.07, 6.45) is 4.62. The molecule has 1 amide bonds. The van der Waals surface area contributed by atoms with Crippen molar-refractivity contribution >= 4 is 5.91 Å². The molecule has 2 fully saturated rings. The molecule has 0 spiro atoms. The Labute approximate surface area is 90.4 Å². The predicted octanol–water partition coefficient (Wildman–Crippen LogP) is 0.160. The SMILES string of the molecule is CCC1(C(=O)NC2(CO)CC2)CCCN1. The van der Waals surface area contributed by atoms with Crippen LogP contribution in [0.15, 0.2) is 0 Å². The summed E-state index contributed by atoms with van der Waals surface area (Å²) in [5.74, 6) is 0.0778. The first-order valence-corrected chi connectivity index (χ1v) is 5.85. The largest absolute Gasteiger partial charge is 0.394 e. The lowest BCUT2D eigenvalue weighted by atomic mass is 9.92. The van der Waals surface area contributed by atoms with Gasteiger partial charge in [0, 0.05) is 0 Å². The van der Waals surface area contributed by atoms with Gasteiger partial charge in [-0.2, -0.15) is 0 Å². The van der Waals surface area contributed by atoms with Gasteiger partial charge in [-0.1, -0.05) is 6.92 Å². The Morgan fingerprint density at radius 3 is 2.60 bits per heavy atom. The molecule has 1 aliphatic carbocycles. The van der Waals surface area contributed by atoms with Crippen molar-refractivity contribution in [3.8, 4) is 0 Å². The Balaban J connectivity index is 2.00. The second-order valence-corrected chi connectivity index (χ2v) is 4.86. The minimum Gasteiger partial charge on any atom is -0.394 e. The van der Waals surface area contributed by atoms with Gasteiger partial charge in [0.1, 0.15) is 0 Å². The molecule has 4 nitrogen and oxygen atoms in total. The number of aliphatic hydroxyl groups excluding tert-OH is 1. The van der Waals surface area contributed by atoms with E-state index >= 15 is 0 Å². The van der Waals surface area contributed by atoms with Gasteiger partial charge in [0.15, 0.2) is 0 Å². The second-order valence-electron chi connectivity index (χ2n) is 4.86. The normalized spacial score (nSPS) is 32.7. The van der Waals surface area contributed by atoms with E-state index in [1.54, 1.807) is 0 Å². The summed E-state index contributed by atoms with van der Waals surface area (Å²) in [4.78, 5) is 12.1. The molecule has 86 valence electrons. The van der Waals surface area contributed by atoms with Gasteiger partial charge in [0.25, 0.3) is 0 Å². The highest BCUT2D eigenvalue weighted by atomic mass is 16.3. The van der Waals surface area contributed by atoms with Crippen molar-refractivity contribution in [1.29, 1.82) is 0 Å². The second kappa shape index (κ2) is 3.76. The van der Waals surface area contributed by atoms with Crippen molar-refractivity contribution in [3.05, 3.63) is 0 Å². The van der Waals surface area contributed by atoms with Crippen molar-refractivity contribution in [3.63, 3.8) is 0 Å². The highest BCUT2D eigenvalue weighted by Gasteiger charge is 2.48. The Morgan fingerprint density at radius 2 is 2.20 bits per heavy atom. The summed E-state index contributed by atoms with van der Waals surface area (Å²) in [5, 5.41) is 15.5. The highest BCUT2D eigenvalue weighted by Crippen LogP contribution is 2.36. The average molecular weight is 212 g/mol. The fourth-order valence-corrected chi connectivity index (χ4v) is 2.30. The molecule has 2 rings (SSSR count). The van der Waals surface area contributed by atoms with E-state index in [2.05, 4.69) is 10.6 Å². The Kier molecular flexibility index (Phi) is 2.73. The summed E-state index contributed by atoms with van der Waals surface area (Å²) in [6.45, 7) is 3.03. The molecule has 2 aliphatic rings. The van der Waals surface area contributed by atoms with Gasteiger partial charge in [-0.05, 0) is 38.6 Å². The molecule has 4 heteroatoms. The van der Waals surface area contributed by atoms with Gasteiger partial charge >= 0.3 is 0 Å². The third kappa shape index (κ3) is 1.88. The summed E-state index contributed by atoms with van der Waals surface area (Å²) in [6, 6.07) is 0. The van der Waals surface area contributed by atoms with E-state index in [0.29, 0.717) is 0 Å². The molecule has 1 atom stereocenters. The van der Waals surface area contributed by atoms with E-state index in [1.807, 2.05) is 6.92 Å². The minimum absolute atomic E-state index is 0.0680. The first-order valence-electron chi connectivity index (χ1n) is 5.85. The number of nitrogens with one attached hydrogen (secondary N) is 2. The van der Waals surface area contributed by atoms with Crippen LogP contribution in [0.5, 0.6) is 0 Å². The van der Waals surface area contributed by atoms with Crippen molar-refractivity contribution in [1.82, 2.24) is 10.6 Å². The summed E-state index contributed by atoms with van der Waals surface area (Å²) < 4.78 is 0. The molecule has 0 aromatic heterocycles. The van der Waals surface area contributed by atoms with Crippen LogP contribution in [0.2, 0.25) is 0 Å². The predicted molar refractivity (Wildman–Crippen MR) is 57.5 cm³/mol. The molecule has 1 aliphatic heterocycles. The molecule has 15 heavy (non-hydrogen) atoms. The maximum absolute atomic E-state index is 12.1. The number of amides is 1. The molecular weight excluding hydrogens is 192 g/mol. The van der Waals surface area contributed by atoms with Crippen LogP contribution in [0.4, 0.5) is 0 Å². The third-order valence-electron chi connectivity index (χ3n) is 3.82. The summed E-state index contributed by atoms with van der Waals surface area (Å²) in [7, 11) is 0. The van der Waals surface area contributed by atoms with Crippen LogP contribution < -0.4 is 10.6 Å². The van der Waals surface area contributed by atoms with Gasteiger partial charge in [-0.3, -0.25) is 4.79 Å². The van der Waals surface area contributed by atoms with Gasteiger partial charge in [-0.25, -0.2) is 0 Å². The topological polar surface area (TPSA) is 61.4 Å². The van der Waals surface area contributed by atoms with Crippen LogP contribution >= 0.6 is 0 Å². The van der Waals surface area contributed by atoms with Crippen LogP contribution in [0.3, 0.4) is 0 Å². The Hall–Kier alpha value is -0.610. The van der Waals surface area contributed by atoms with E-state index in [-0.39, 0.29) is 23.6 Å². The molecule has 0 aromatic carbocycles. The number of aliphatic hydroxyl groups is 1. The third-order valence-corrected chi connectivity index (χ3v) is 3.82. The molecular formula is C11H20N2O2. The van der Waals surface area contributed by atoms with Gasteiger partial charge < -0.3 is 15.7 Å². The van der Waals surface area contributed by atoms with E-state index < -0.39 is 0 Å². The Morgan fingerprint density at radius 1 is 1.47 bits per heavy atom. The van der Waals surface area contributed by atoms with Crippen LogP contribution in [0, 0.1) is 0 Å². The van der Waals surface area contributed by atoms with Crippen molar-refractivity contribution in [2.45, 2.75) is 50.1 Å². The number of hydrogen-bond acceptors (Lipinski definition) is 3. The van der Waals surface area contributed by atoms with Crippen molar-refractivity contribution < 1.29 is 9.90 Å². The molecule has 0 bridgehead atoms. The maximum atomic E-state index is 12.1. The average Bonchev–Trinajstić information content (AvgIpc) is 2.85.